The van der Waals surface area contributed by atoms with Crippen LogP contribution in [0.4, 0.5) is 10.1 Å². The molecule has 1 N–H and O–H groups in total. The molecule has 1 heterocycles. The van der Waals surface area contributed by atoms with Crippen LogP contribution in [0.5, 0.6) is 5.75 Å². The number of ether oxygens (including phenoxy) is 1. The fourth-order valence-electron chi connectivity index (χ4n) is 2.43. The number of nitrogens with one attached hydrogen (secondary N) is 1. The quantitative estimate of drug-likeness (QED) is 0.748. The molecule has 130 valence electrons. The van der Waals surface area contributed by atoms with Crippen molar-refractivity contribution in [3.05, 3.63) is 60.5 Å². The van der Waals surface area contributed by atoms with Crippen LogP contribution in [0.15, 0.2) is 59.6 Å². The number of halogens is 1. The number of pyridine rings is 1. The van der Waals surface area contributed by atoms with E-state index in [1.807, 2.05) is 13.8 Å². The number of rotatable bonds is 5. The molecule has 0 fully saturated rings. The van der Waals surface area contributed by atoms with Crippen LogP contribution in [0.2, 0.25) is 0 Å². The molecule has 0 spiro atoms. The van der Waals surface area contributed by atoms with Crippen molar-refractivity contribution in [3.8, 4) is 5.75 Å². The van der Waals surface area contributed by atoms with Gasteiger partial charge in [0.1, 0.15) is 17.1 Å². The van der Waals surface area contributed by atoms with Crippen molar-refractivity contribution < 1.29 is 17.5 Å². The van der Waals surface area contributed by atoms with Crippen molar-refractivity contribution in [2.45, 2.75) is 24.8 Å². The Balaban J connectivity index is 1.94. The van der Waals surface area contributed by atoms with Gasteiger partial charge in [0, 0.05) is 17.3 Å². The predicted octanol–water partition coefficient (Wildman–Crippen LogP) is 3.96. The highest BCUT2D eigenvalue weighted by Crippen LogP contribution is 2.26. The summed E-state index contributed by atoms with van der Waals surface area (Å²) >= 11 is 0. The summed E-state index contributed by atoms with van der Waals surface area (Å²) in [5, 5.41) is 0.231. The largest absolute Gasteiger partial charge is 0.491 e. The zero-order valence-electron chi connectivity index (χ0n) is 13.7. The molecule has 0 unspecified atom stereocenters. The first kappa shape index (κ1) is 17.2. The van der Waals surface area contributed by atoms with Gasteiger partial charge in [-0.05, 0) is 62.4 Å². The van der Waals surface area contributed by atoms with E-state index in [2.05, 4.69) is 9.71 Å². The molecule has 2 aromatic carbocycles. The second-order valence-corrected chi connectivity index (χ2v) is 7.39. The fourth-order valence-corrected chi connectivity index (χ4v) is 3.69. The van der Waals surface area contributed by atoms with Crippen LogP contribution in [0.25, 0.3) is 10.9 Å². The van der Waals surface area contributed by atoms with E-state index >= 15 is 0 Å². The molecule has 1 aromatic heterocycles. The lowest BCUT2D eigenvalue weighted by Crippen LogP contribution is -2.14. The maximum Gasteiger partial charge on any atom is 0.262 e. The highest BCUT2D eigenvalue weighted by Gasteiger charge is 2.19. The lowest BCUT2D eigenvalue weighted by molar-refractivity contribution is 0.242. The topological polar surface area (TPSA) is 68.3 Å². The van der Waals surface area contributed by atoms with E-state index in [4.69, 9.17) is 4.74 Å². The van der Waals surface area contributed by atoms with Gasteiger partial charge in [0.15, 0.2) is 0 Å². The molecule has 0 aliphatic rings. The van der Waals surface area contributed by atoms with Crippen molar-refractivity contribution in [2.75, 3.05) is 4.72 Å². The minimum Gasteiger partial charge on any atom is -0.491 e. The summed E-state index contributed by atoms with van der Waals surface area (Å²) in [6.45, 7) is 3.81. The molecule has 7 heteroatoms. The number of sulfonamides is 1. The Hall–Kier alpha value is -2.67. The van der Waals surface area contributed by atoms with E-state index in [0.717, 1.165) is 6.07 Å². The van der Waals surface area contributed by atoms with Gasteiger partial charge in [-0.1, -0.05) is 0 Å². The van der Waals surface area contributed by atoms with Crippen molar-refractivity contribution in [1.82, 2.24) is 4.98 Å². The van der Waals surface area contributed by atoms with E-state index in [1.165, 1.54) is 18.3 Å². The maximum atomic E-state index is 13.8. The van der Waals surface area contributed by atoms with Crippen LogP contribution in [0.1, 0.15) is 13.8 Å². The van der Waals surface area contributed by atoms with E-state index in [9.17, 15) is 12.8 Å². The monoisotopic (exact) mass is 360 g/mol. The van der Waals surface area contributed by atoms with Gasteiger partial charge in [-0.2, -0.15) is 0 Å². The molecule has 0 aliphatic carbocycles. The van der Waals surface area contributed by atoms with Crippen molar-refractivity contribution in [2.24, 2.45) is 0 Å². The van der Waals surface area contributed by atoms with E-state index in [1.54, 1.807) is 30.3 Å². The highest BCUT2D eigenvalue weighted by atomic mass is 32.2. The van der Waals surface area contributed by atoms with Gasteiger partial charge in [0.2, 0.25) is 0 Å². The summed E-state index contributed by atoms with van der Waals surface area (Å²) in [6.07, 6.45) is 1.45. The Morgan fingerprint density at radius 3 is 2.48 bits per heavy atom. The van der Waals surface area contributed by atoms with Gasteiger partial charge in [-0.3, -0.25) is 9.71 Å². The van der Waals surface area contributed by atoms with Gasteiger partial charge >= 0.3 is 0 Å². The molecule has 3 rings (SSSR count). The standard InChI is InChI=1S/C18H17FN2O3S/c1-12(2)24-14-7-5-13(6-8-14)21-25(22,23)17-10-9-16(19)18-15(17)4-3-11-20-18/h3-12,21H,1-2H3. The normalized spacial score (nSPS) is 11.7. The molecule has 3 aromatic rings. The predicted molar refractivity (Wildman–Crippen MR) is 94.7 cm³/mol. The smallest absolute Gasteiger partial charge is 0.262 e. The lowest BCUT2D eigenvalue weighted by atomic mass is 10.2. The summed E-state index contributed by atoms with van der Waals surface area (Å²) in [7, 11) is -3.89. The number of nitrogens with zero attached hydrogens (tertiary/aromatic N) is 1. The van der Waals surface area contributed by atoms with Gasteiger partial charge in [0.05, 0.1) is 11.0 Å². The van der Waals surface area contributed by atoms with Crippen molar-refractivity contribution >= 4 is 26.6 Å². The van der Waals surface area contributed by atoms with E-state index in [-0.39, 0.29) is 21.9 Å². The summed E-state index contributed by atoms with van der Waals surface area (Å²) in [4.78, 5) is 3.89. The number of benzene rings is 2. The molecular weight excluding hydrogens is 343 g/mol. The van der Waals surface area contributed by atoms with Crippen molar-refractivity contribution in [1.29, 1.82) is 0 Å². The average molecular weight is 360 g/mol. The van der Waals surface area contributed by atoms with Crippen LogP contribution in [0, 0.1) is 5.82 Å². The Morgan fingerprint density at radius 1 is 1.08 bits per heavy atom. The maximum absolute atomic E-state index is 13.8. The molecule has 0 saturated carbocycles. The second-order valence-electron chi connectivity index (χ2n) is 5.74. The van der Waals surface area contributed by atoms with Gasteiger partial charge < -0.3 is 4.74 Å². The van der Waals surface area contributed by atoms with Gasteiger partial charge in [-0.15, -0.1) is 0 Å². The number of fused-ring (bicyclic) bond motifs is 1. The summed E-state index contributed by atoms with van der Waals surface area (Å²) in [5.74, 6) is 0.0825. The van der Waals surface area contributed by atoms with Crippen LogP contribution < -0.4 is 9.46 Å². The summed E-state index contributed by atoms with van der Waals surface area (Å²) in [6, 6.07) is 12.0. The first-order valence-corrected chi connectivity index (χ1v) is 9.18. The molecule has 25 heavy (non-hydrogen) atoms. The SMILES string of the molecule is CC(C)Oc1ccc(NS(=O)(=O)c2ccc(F)c3ncccc23)cc1. The second kappa shape index (κ2) is 6.68. The molecule has 0 saturated heterocycles. The summed E-state index contributed by atoms with van der Waals surface area (Å²) in [5.41, 5.74) is 0.406. The van der Waals surface area contributed by atoms with Crippen LogP contribution >= 0.6 is 0 Å². The van der Waals surface area contributed by atoms with Crippen LogP contribution in [-0.4, -0.2) is 19.5 Å². The Morgan fingerprint density at radius 2 is 1.80 bits per heavy atom. The molecule has 0 bridgehead atoms. The zero-order chi connectivity index (χ0) is 18.0. The third-order valence-electron chi connectivity index (χ3n) is 3.45. The van der Waals surface area contributed by atoms with Gasteiger partial charge in [-0.25, -0.2) is 12.8 Å². The number of hydrogen-bond donors (Lipinski definition) is 1. The number of hydrogen-bond acceptors (Lipinski definition) is 4. The minimum absolute atomic E-state index is 0.0195. The molecule has 0 atom stereocenters. The summed E-state index contributed by atoms with van der Waals surface area (Å²) < 4.78 is 47.3. The van der Waals surface area contributed by atoms with Crippen LogP contribution in [0.3, 0.4) is 0 Å². The Kier molecular flexibility index (Phi) is 4.59. The first-order chi connectivity index (χ1) is 11.9. The molecular formula is C18H17FN2O3S. The van der Waals surface area contributed by atoms with E-state index < -0.39 is 15.8 Å². The zero-order valence-corrected chi connectivity index (χ0v) is 14.5. The highest BCUT2D eigenvalue weighted by molar-refractivity contribution is 7.93. The lowest BCUT2D eigenvalue weighted by Gasteiger charge is -2.12. The van der Waals surface area contributed by atoms with Gasteiger partial charge in [0.25, 0.3) is 10.0 Å². The third kappa shape index (κ3) is 3.71. The Bertz CT molecular complexity index is 1000. The Labute approximate surface area is 145 Å². The fraction of sp³-hybridized carbons (Fsp3) is 0.167. The molecule has 0 amide bonds. The van der Waals surface area contributed by atoms with E-state index in [0.29, 0.717) is 11.4 Å². The molecule has 5 nitrogen and oxygen atoms in total. The van der Waals surface area contributed by atoms with Crippen LogP contribution in [-0.2, 0) is 10.0 Å². The third-order valence-corrected chi connectivity index (χ3v) is 4.89. The van der Waals surface area contributed by atoms with Crippen molar-refractivity contribution in [3.63, 3.8) is 0 Å². The minimum atomic E-state index is -3.89. The number of anilines is 1. The first-order valence-electron chi connectivity index (χ1n) is 7.69. The molecule has 0 aliphatic heterocycles. The average Bonchev–Trinajstić information content (AvgIpc) is 2.56. The number of aromatic nitrogens is 1. The molecule has 0 radical (unpaired) electrons.